The molecule has 1 aliphatic heterocycles. The molecule has 1 aliphatic rings. The minimum atomic E-state index is -0.451. The predicted molar refractivity (Wildman–Crippen MR) is 56.1 cm³/mol. The molecule has 0 amide bonds. The van der Waals surface area contributed by atoms with E-state index in [0.29, 0.717) is 30.9 Å². The predicted octanol–water partition coefficient (Wildman–Crippen LogP) is 1.25. The zero-order chi connectivity index (χ0) is 11.9. The van der Waals surface area contributed by atoms with Gasteiger partial charge in [0.25, 0.3) is 0 Å². The first-order valence-corrected chi connectivity index (χ1v) is 5.21. The van der Waals surface area contributed by atoms with Crippen LogP contribution in [0.3, 0.4) is 0 Å². The summed E-state index contributed by atoms with van der Waals surface area (Å²) in [5.41, 5.74) is 0.653. The fourth-order valence-corrected chi connectivity index (χ4v) is 2.18. The van der Waals surface area contributed by atoms with Crippen molar-refractivity contribution in [2.24, 2.45) is 5.92 Å². The van der Waals surface area contributed by atoms with Crippen molar-refractivity contribution in [3.05, 3.63) is 21.6 Å². The van der Waals surface area contributed by atoms with Gasteiger partial charge in [0.15, 0.2) is 0 Å². The molecule has 6 nitrogen and oxygen atoms in total. The Labute approximate surface area is 92.4 Å². The minimum absolute atomic E-state index is 0.0278. The first-order valence-electron chi connectivity index (χ1n) is 5.21. The third-order valence-corrected chi connectivity index (χ3v) is 3.12. The summed E-state index contributed by atoms with van der Waals surface area (Å²) in [6.07, 6.45) is 1.24. The summed E-state index contributed by atoms with van der Waals surface area (Å²) < 4.78 is 1.80. The fourth-order valence-electron chi connectivity index (χ4n) is 2.18. The topological polar surface area (TPSA) is 78.0 Å². The van der Waals surface area contributed by atoms with Crippen molar-refractivity contribution in [1.82, 2.24) is 9.55 Å². The number of nitrogens with zero attached hydrogens (tertiary/aromatic N) is 3. The Bertz CT molecular complexity index is 464. The maximum absolute atomic E-state index is 11.3. The Morgan fingerprint density at radius 2 is 2.31 bits per heavy atom. The average Bonchev–Trinajstić information content (AvgIpc) is 2.56. The molecule has 0 aliphatic carbocycles. The summed E-state index contributed by atoms with van der Waals surface area (Å²) in [4.78, 5) is 25.5. The molecule has 1 aromatic rings. The number of nitro groups is 1. The highest BCUT2D eigenvalue weighted by Gasteiger charge is 2.31. The smallest absolute Gasteiger partial charge is 0.358 e. The summed E-state index contributed by atoms with van der Waals surface area (Å²) >= 11 is 0. The molecule has 0 spiro atoms. The van der Waals surface area contributed by atoms with E-state index in [-0.39, 0.29) is 17.5 Å². The summed E-state index contributed by atoms with van der Waals surface area (Å²) in [5.74, 6) is 0.675. The molecule has 6 heteroatoms. The number of hydrogen-bond donors (Lipinski definition) is 0. The van der Waals surface area contributed by atoms with Gasteiger partial charge in [-0.05, 0) is 29.7 Å². The third kappa shape index (κ3) is 1.60. The van der Waals surface area contributed by atoms with Crippen molar-refractivity contribution in [1.29, 1.82) is 0 Å². The van der Waals surface area contributed by atoms with Crippen LogP contribution in [0.15, 0.2) is 0 Å². The summed E-state index contributed by atoms with van der Waals surface area (Å²) in [6, 6.07) is 0. The SMILES string of the molecule is CC(=O)C1CCc2c([N+](=O)[O-])nc(C)n2C1. The highest BCUT2D eigenvalue weighted by atomic mass is 16.6. The van der Waals surface area contributed by atoms with Crippen LogP contribution in [0.1, 0.15) is 24.9 Å². The molecule has 2 heterocycles. The maximum atomic E-state index is 11.3. The Balaban J connectivity index is 2.40. The molecule has 0 fully saturated rings. The normalized spacial score (nSPS) is 19.2. The van der Waals surface area contributed by atoms with E-state index in [1.807, 2.05) is 0 Å². The molecule has 0 radical (unpaired) electrons. The van der Waals surface area contributed by atoms with E-state index in [1.54, 1.807) is 18.4 Å². The lowest BCUT2D eigenvalue weighted by Gasteiger charge is -2.21. The molecule has 0 N–H and O–H groups in total. The molecule has 1 unspecified atom stereocenters. The van der Waals surface area contributed by atoms with Gasteiger partial charge in [0, 0.05) is 19.4 Å². The number of aryl methyl sites for hydroxylation is 1. The lowest BCUT2D eigenvalue weighted by Crippen LogP contribution is -2.25. The molecular formula is C10H13N3O3. The first kappa shape index (κ1) is 10.8. The number of ketones is 1. The van der Waals surface area contributed by atoms with Gasteiger partial charge >= 0.3 is 5.82 Å². The molecule has 0 saturated heterocycles. The maximum Gasteiger partial charge on any atom is 0.385 e. The van der Waals surface area contributed by atoms with Crippen LogP contribution in [-0.2, 0) is 17.8 Å². The van der Waals surface area contributed by atoms with Crippen LogP contribution >= 0.6 is 0 Å². The molecule has 86 valence electrons. The molecule has 1 aromatic heterocycles. The van der Waals surface area contributed by atoms with Crippen LogP contribution in [0.5, 0.6) is 0 Å². The summed E-state index contributed by atoms with van der Waals surface area (Å²) in [6.45, 7) is 3.83. The van der Waals surface area contributed by atoms with E-state index in [2.05, 4.69) is 4.98 Å². The second-order valence-electron chi connectivity index (χ2n) is 4.14. The molecule has 16 heavy (non-hydrogen) atoms. The van der Waals surface area contributed by atoms with E-state index < -0.39 is 4.92 Å². The molecule has 1 atom stereocenters. The van der Waals surface area contributed by atoms with E-state index in [1.165, 1.54) is 0 Å². The highest BCUT2D eigenvalue weighted by Crippen LogP contribution is 2.28. The Morgan fingerprint density at radius 1 is 1.62 bits per heavy atom. The van der Waals surface area contributed by atoms with E-state index in [4.69, 9.17) is 0 Å². The van der Waals surface area contributed by atoms with Crippen molar-refractivity contribution in [3.63, 3.8) is 0 Å². The van der Waals surface area contributed by atoms with Gasteiger partial charge in [0.1, 0.15) is 11.5 Å². The van der Waals surface area contributed by atoms with Gasteiger partial charge in [-0.1, -0.05) is 0 Å². The van der Waals surface area contributed by atoms with E-state index >= 15 is 0 Å². The quantitative estimate of drug-likeness (QED) is 0.558. The monoisotopic (exact) mass is 223 g/mol. The van der Waals surface area contributed by atoms with Gasteiger partial charge in [0.2, 0.25) is 5.82 Å². The zero-order valence-corrected chi connectivity index (χ0v) is 9.27. The largest absolute Gasteiger partial charge is 0.385 e. The van der Waals surface area contributed by atoms with E-state index in [9.17, 15) is 14.9 Å². The standard InChI is InChI=1S/C10H13N3O3/c1-6(14)8-3-4-9-10(13(15)16)11-7(2)12(9)5-8/h8H,3-5H2,1-2H3. The first-order chi connectivity index (χ1) is 7.50. The van der Waals surface area contributed by atoms with Gasteiger partial charge < -0.3 is 14.7 Å². The van der Waals surface area contributed by atoms with Crippen LogP contribution in [0.25, 0.3) is 0 Å². The number of imidazole rings is 1. The fraction of sp³-hybridized carbons (Fsp3) is 0.600. The highest BCUT2D eigenvalue weighted by molar-refractivity contribution is 5.78. The summed E-state index contributed by atoms with van der Waals surface area (Å²) in [7, 11) is 0. The molecule has 0 bridgehead atoms. The number of hydrogen-bond acceptors (Lipinski definition) is 4. The molecular weight excluding hydrogens is 210 g/mol. The van der Waals surface area contributed by atoms with Gasteiger partial charge in [0.05, 0.1) is 0 Å². The van der Waals surface area contributed by atoms with Crippen LogP contribution in [-0.4, -0.2) is 20.3 Å². The number of aromatic nitrogens is 2. The lowest BCUT2D eigenvalue weighted by molar-refractivity contribution is -0.390. The number of fused-ring (bicyclic) bond motifs is 1. The third-order valence-electron chi connectivity index (χ3n) is 3.12. The van der Waals surface area contributed by atoms with Crippen molar-refractivity contribution < 1.29 is 9.72 Å². The van der Waals surface area contributed by atoms with Crippen molar-refractivity contribution in [3.8, 4) is 0 Å². The lowest BCUT2D eigenvalue weighted by atomic mass is 9.94. The molecule has 2 rings (SSSR count). The second kappa shape index (κ2) is 3.70. The van der Waals surface area contributed by atoms with Crippen LogP contribution in [0.2, 0.25) is 0 Å². The number of carbonyl (C=O) groups excluding carboxylic acids is 1. The van der Waals surface area contributed by atoms with Crippen LogP contribution in [0, 0.1) is 23.0 Å². The molecule has 0 aromatic carbocycles. The second-order valence-corrected chi connectivity index (χ2v) is 4.14. The number of Topliss-reactive ketones (excluding diaryl/α,β-unsaturated/α-hetero) is 1. The Morgan fingerprint density at radius 3 is 2.88 bits per heavy atom. The van der Waals surface area contributed by atoms with E-state index in [0.717, 1.165) is 0 Å². The van der Waals surface area contributed by atoms with Gasteiger partial charge in [-0.3, -0.25) is 4.79 Å². The van der Waals surface area contributed by atoms with Crippen molar-refractivity contribution in [2.45, 2.75) is 33.2 Å². The molecule has 0 saturated carbocycles. The average molecular weight is 223 g/mol. The zero-order valence-electron chi connectivity index (χ0n) is 9.27. The number of rotatable bonds is 2. The van der Waals surface area contributed by atoms with Gasteiger partial charge in [-0.2, -0.15) is 0 Å². The van der Waals surface area contributed by atoms with Gasteiger partial charge in [-0.15, -0.1) is 0 Å². The van der Waals surface area contributed by atoms with Crippen molar-refractivity contribution in [2.75, 3.05) is 0 Å². The van der Waals surface area contributed by atoms with Crippen LogP contribution in [0.4, 0.5) is 5.82 Å². The Kier molecular flexibility index (Phi) is 2.49. The van der Waals surface area contributed by atoms with Crippen molar-refractivity contribution >= 4 is 11.6 Å². The summed E-state index contributed by atoms with van der Waals surface area (Å²) in [5, 5.41) is 10.8. The number of carbonyl (C=O) groups is 1. The minimum Gasteiger partial charge on any atom is -0.358 e. The van der Waals surface area contributed by atoms with Crippen LogP contribution < -0.4 is 0 Å². The Hall–Kier alpha value is -1.72. The van der Waals surface area contributed by atoms with Gasteiger partial charge in [-0.25, -0.2) is 0 Å².